The molecule has 0 aromatic heterocycles. The number of nitrogens with two attached hydrogens (primary N) is 1. The average molecular weight is 300 g/mol. The number of anilines is 2. The van der Waals surface area contributed by atoms with Gasteiger partial charge in [0.1, 0.15) is 5.60 Å². The fraction of sp³-hybridized carbons (Fsp3) is 0.500. The Balaban J connectivity index is 2.10. The standard InChI is InChI=1S/C18H24N2O2/c1-5-13-8-10-20(11-9-13)16-7-6-14(12-15(16)19)17(21)22-18(2,3)4/h1,6-7,12-13H,8-11,19H2,2-4H3. The quantitative estimate of drug-likeness (QED) is 0.518. The number of rotatable bonds is 2. The maximum Gasteiger partial charge on any atom is 0.338 e. The summed E-state index contributed by atoms with van der Waals surface area (Å²) >= 11 is 0. The molecule has 1 heterocycles. The van der Waals surface area contributed by atoms with Crippen LogP contribution in [0.5, 0.6) is 0 Å². The molecule has 0 aliphatic carbocycles. The molecule has 22 heavy (non-hydrogen) atoms. The summed E-state index contributed by atoms with van der Waals surface area (Å²) in [7, 11) is 0. The monoisotopic (exact) mass is 300 g/mol. The second-order valence-electron chi connectivity index (χ2n) is 6.70. The second kappa shape index (κ2) is 6.31. The Labute approximate surface area is 132 Å². The summed E-state index contributed by atoms with van der Waals surface area (Å²) in [5.41, 5.74) is 7.66. The van der Waals surface area contributed by atoms with E-state index in [1.807, 2.05) is 26.8 Å². The average Bonchev–Trinajstić information content (AvgIpc) is 2.45. The zero-order valence-corrected chi connectivity index (χ0v) is 13.6. The van der Waals surface area contributed by atoms with Crippen molar-refractivity contribution in [3.05, 3.63) is 23.8 Å². The van der Waals surface area contributed by atoms with Crippen LogP contribution in [0, 0.1) is 18.3 Å². The van der Waals surface area contributed by atoms with E-state index in [-0.39, 0.29) is 5.97 Å². The van der Waals surface area contributed by atoms with Gasteiger partial charge in [-0.1, -0.05) is 0 Å². The van der Waals surface area contributed by atoms with Gasteiger partial charge in [-0.3, -0.25) is 0 Å². The predicted octanol–water partition coefficient (Wildman–Crippen LogP) is 3.07. The first-order chi connectivity index (χ1) is 10.3. The molecule has 0 radical (unpaired) electrons. The third-order valence-electron chi connectivity index (χ3n) is 3.73. The largest absolute Gasteiger partial charge is 0.456 e. The third kappa shape index (κ3) is 3.94. The molecule has 0 spiro atoms. The van der Waals surface area contributed by atoms with E-state index in [2.05, 4.69) is 10.8 Å². The van der Waals surface area contributed by atoms with Crippen molar-refractivity contribution in [1.29, 1.82) is 0 Å². The molecule has 2 N–H and O–H groups in total. The van der Waals surface area contributed by atoms with Crippen LogP contribution < -0.4 is 10.6 Å². The van der Waals surface area contributed by atoms with Gasteiger partial charge in [-0.25, -0.2) is 4.79 Å². The van der Waals surface area contributed by atoms with Crippen molar-refractivity contribution in [1.82, 2.24) is 0 Å². The van der Waals surface area contributed by atoms with Gasteiger partial charge in [0.25, 0.3) is 0 Å². The Kier molecular flexibility index (Phi) is 4.65. The van der Waals surface area contributed by atoms with E-state index < -0.39 is 5.60 Å². The summed E-state index contributed by atoms with van der Waals surface area (Å²) in [6.45, 7) is 7.32. The smallest absolute Gasteiger partial charge is 0.338 e. The summed E-state index contributed by atoms with van der Waals surface area (Å²) in [6.07, 6.45) is 7.43. The zero-order chi connectivity index (χ0) is 16.3. The molecule has 4 nitrogen and oxygen atoms in total. The molecule has 1 aliphatic rings. The Morgan fingerprint density at radius 2 is 2.00 bits per heavy atom. The van der Waals surface area contributed by atoms with E-state index >= 15 is 0 Å². The number of nitrogen functional groups attached to an aromatic ring is 1. The minimum absolute atomic E-state index is 0.350. The number of benzene rings is 1. The van der Waals surface area contributed by atoms with Crippen LogP contribution in [-0.2, 0) is 4.74 Å². The molecule has 0 bridgehead atoms. The lowest BCUT2D eigenvalue weighted by atomic mass is 9.97. The van der Waals surface area contributed by atoms with Gasteiger partial charge in [0.05, 0.1) is 16.9 Å². The van der Waals surface area contributed by atoms with Crippen molar-refractivity contribution < 1.29 is 9.53 Å². The van der Waals surface area contributed by atoms with Crippen LogP contribution >= 0.6 is 0 Å². The molecule has 4 heteroatoms. The highest BCUT2D eigenvalue weighted by Crippen LogP contribution is 2.29. The summed E-state index contributed by atoms with van der Waals surface area (Å²) in [6, 6.07) is 5.36. The highest BCUT2D eigenvalue weighted by molar-refractivity contribution is 5.92. The molecular weight excluding hydrogens is 276 g/mol. The summed E-state index contributed by atoms with van der Waals surface area (Å²) in [5.74, 6) is 2.83. The van der Waals surface area contributed by atoms with E-state index in [1.165, 1.54) is 0 Å². The molecule has 2 rings (SSSR count). The van der Waals surface area contributed by atoms with Crippen LogP contribution in [0.25, 0.3) is 0 Å². The van der Waals surface area contributed by atoms with Crippen LogP contribution in [0.4, 0.5) is 11.4 Å². The Morgan fingerprint density at radius 1 is 1.36 bits per heavy atom. The minimum atomic E-state index is -0.512. The van der Waals surface area contributed by atoms with Crippen molar-refractivity contribution in [2.24, 2.45) is 5.92 Å². The lowest BCUT2D eigenvalue weighted by molar-refractivity contribution is 0.00696. The topological polar surface area (TPSA) is 55.6 Å². The molecule has 0 amide bonds. The van der Waals surface area contributed by atoms with Crippen LogP contribution in [0.15, 0.2) is 18.2 Å². The summed E-state index contributed by atoms with van der Waals surface area (Å²) in [4.78, 5) is 14.3. The van der Waals surface area contributed by atoms with Crippen LogP contribution in [0.2, 0.25) is 0 Å². The Morgan fingerprint density at radius 3 is 2.50 bits per heavy atom. The van der Waals surface area contributed by atoms with Gasteiger partial charge >= 0.3 is 5.97 Å². The molecule has 1 fully saturated rings. The molecule has 118 valence electrons. The molecule has 0 unspecified atom stereocenters. The first kappa shape index (κ1) is 16.2. The van der Waals surface area contributed by atoms with E-state index in [9.17, 15) is 4.79 Å². The molecule has 1 aromatic carbocycles. The zero-order valence-electron chi connectivity index (χ0n) is 13.6. The maximum absolute atomic E-state index is 12.1. The van der Waals surface area contributed by atoms with Crippen LogP contribution in [0.3, 0.4) is 0 Å². The lowest BCUT2D eigenvalue weighted by Gasteiger charge is -2.32. The van der Waals surface area contributed by atoms with Crippen molar-refractivity contribution >= 4 is 17.3 Å². The van der Waals surface area contributed by atoms with E-state index in [1.54, 1.807) is 12.1 Å². The summed E-state index contributed by atoms with van der Waals surface area (Å²) in [5, 5.41) is 0. The van der Waals surface area contributed by atoms with Crippen molar-refractivity contribution in [2.45, 2.75) is 39.2 Å². The predicted molar refractivity (Wildman–Crippen MR) is 89.8 cm³/mol. The number of esters is 1. The number of carbonyl (C=O) groups excluding carboxylic acids is 1. The number of nitrogens with zero attached hydrogens (tertiary/aromatic N) is 1. The summed E-state index contributed by atoms with van der Waals surface area (Å²) < 4.78 is 5.36. The SMILES string of the molecule is C#CC1CCN(c2ccc(C(=O)OC(C)(C)C)cc2N)CC1. The number of hydrogen-bond donors (Lipinski definition) is 1. The molecule has 0 atom stereocenters. The molecule has 1 aliphatic heterocycles. The molecule has 0 saturated carbocycles. The number of piperidine rings is 1. The second-order valence-corrected chi connectivity index (χ2v) is 6.70. The van der Waals surface area contributed by atoms with E-state index in [0.717, 1.165) is 31.6 Å². The highest BCUT2D eigenvalue weighted by atomic mass is 16.6. The molecule has 1 aromatic rings. The van der Waals surface area contributed by atoms with Gasteiger partial charge < -0.3 is 15.4 Å². The van der Waals surface area contributed by atoms with Crippen LogP contribution in [-0.4, -0.2) is 24.7 Å². The Hall–Kier alpha value is -2.15. The number of carbonyl (C=O) groups is 1. The van der Waals surface area contributed by atoms with Gasteiger partial charge in [0.15, 0.2) is 0 Å². The number of terminal acetylenes is 1. The van der Waals surface area contributed by atoms with E-state index in [0.29, 0.717) is 17.2 Å². The van der Waals surface area contributed by atoms with Gasteiger partial charge in [-0.15, -0.1) is 12.3 Å². The normalized spacial score (nSPS) is 16.2. The maximum atomic E-state index is 12.1. The highest BCUT2D eigenvalue weighted by Gasteiger charge is 2.21. The fourth-order valence-corrected chi connectivity index (χ4v) is 2.59. The first-order valence-electron chi connectivity index (χ1n) is 7.64. The van der Waals surface area contributed by atoms with Gasteiger partial charge in [0.2, 0.25) is 0 Å². The molecule has 1 saturated heterocycles. The van der Waals surface area contributed by atoms with Crippen LogP contribution in [0.1, 0.15) is 44.0 Å². The first-order valence-corrected chi connectivity index (χ1v) is 7.64. The van der Waals surface area contributed by atoms with Crippen molar-refractivity contribution in [3.8, 4) is 12.3 Å². The van der Waals surface area contributed by atoms with Crippen molar-refractivity contribution in [3.63, 3.8) is 0 Å². The number of hydrogen-bond acceptors (Lipinski definition) is 4. The lowest BCUT2D eigenvalue weighted by Crippen LogP contribution is -2.33. The molecular formula is C18H24N2O2. The number of ether oxygens (including phenoxy) is 1. The Bertz CT molecular complexity index is 588. The van der Waals surface area contributed by atoms with Crippen molar-refractivity contribution in [2.75, 3.05) is 23.7 Å². The van der Waals surface area contributed by atoms with Gasteiger partial charge in [-0.2, -0.15) is 0 Å². The fourth-order valence-electron chi connectivity index (χ4n) is 2.59. The van der Waals surface area contributed by atoms with Gasteiger partial charge in [-0.05, 0) is 51.8 Å². The third-order valence-corrected chi connectivity index (χ3v) is 3.73. The minimum Gasteiger partial charge on any atom is -0.456 e. The van der Waals surface area contributed by atoms with Gasteiger partial charge in [0, 0.05) is 19.0 Å². The van der Waals surface area contributed by atoms with E-state index in [4.69, 9.17) is 16.9 Å².